The van der Waals surface area contributed by atoms with Crippen LogP contribution in [-0.4, -0.2) is 46.0 Å². The number of rotatable bonds is 12. The van der Waals surface area contributed by atoms with Crippen LogP contribution in [0, 0.1) is 0 Å². The Kier molecular flexibility index (Phi) is 11.9. The summed E-state index contributed by atoms with van der Waals surface area (Å²) >= 11 is 0. The van der Waals surface area contributed by atoms with Crippen LogP contribution >= 0.6 is 0 Å². The molecule has 9 nitrogen and oxygen atoms in total. The lowest BCUT2D eigenvalue weighted by Crippen LogP contribution is -2.11. The molecule has 9 heteroatoms. The number of aromatic hydroxyl groups is 9. The monoisotopic (exact) mass is 886 g/mol. The van der Waals surface area contributed by atoms with Crippen LogP contribution in [0.1, 0.15) is 90.4 Å². The van der Waals surface area contributed by atoms with Gasteiger partial charge in [-0.1, -0.05) is 109 Å². The molecule has 0 radical (unpaired) electrons. The van der Waals surface area contributed by atoms with E-state index < -0.39 is 23.7 Å². The van der Waals surface area contributed by atoms with E-state index in [9.17, 15) is 46.0 Å². The summed E-state index contributed by atoms with van der Waals surface area (Å²) < 4.78 is 0. The van der Waals surface area contributed by atoms with Crippen LogP contribution in [0.25, 0.3) is 0 Å². The molecule has 0 saturated carbocycles. The Balaban J connectivity index is 1.29. The number of hydrogen-bond donors (Lipinski definition) is 9. The van der Waals surface area contributed by atoms with Gasteiger partial charge in [0.05, 0.1) is 0 Å². The standard InChI is InChI=1S/C58H46O9/c59-43-16-1-34(2-17-43)56(35-3-18-44(60)19-4-35)49-31-40(13-28-52(49)65)55(41-14-29-53(66)50(32-41)57(36-5-20-45(61)21-6-36)37-7-22-46(62)23-8-37)42-15-30-54(67)51(33-42)58(38-9-24-47(63)25-10-38)39-11-26-48(64)27-12-39/h1-33,55-67H. The van der Waals surface area contributed by atoms with Crippen LogP contribution in [0.15, 0.2) is 200 Å². The van der Waals surface area contributed by atoms with E-state index in [4.69, 9.17) is 0 Å². The molecule has 332 valence electrons. The van der Waals surface area contributed by atoms with Crippen LogP contribution in [0.4, 0.5) is 0 Å². The average molecular weight is 887 g/mol. The second-order valence-electron chi connectivity index (χ2n) is 16.7. The zero-order chi connectivity index (χ0) is 46.8. The lowest BCUT2D eigenvalue weighted by molar-refractivity contribution is 0.466. The second-order valence-corrected chi connectivity index (χ2v) is 16.7. The van der Waals surface area contributed by atoms with E-state index in [1.54, 1.807) is 164 Å². The second kappa shape index (κ2) is 18.3. The van der Waals surface area contributed by atoms with Gasteiger partial charge in [0.1, 0.15) is 51.7 Å². The maximum atomic E-state index is 11.8. The van der Waals surface area contributed by atoms with Gasteiger partial charge in [0.25, 0.3) is 0 Å². The van der Waals surface area contributed by atoms with Crippen molar-refractivity contribution in [2.45, 2.75) is 23.7 Å². The Morgan fingerprint density at radius 3 is 0.522 bits per heavy atom. The van der Waals surface area contributed by atoms with Gasteiger partial charge in [-0.2, -0.15) is 0 Å². The summed E-state index contributed by atoms with van der Waals surface area (Å²) in [4.78, 5) is 0. The first-order valence-electron chi connectivity index (χ1n) is 21.6. The minimum absolute atomic E-state index is 0.00545. The van der Waals surface area contributed by atoms with Gasteiger partial charge >= 0.3 is 0 Å². The molecule has 0 fully saturated rings. The van der Waals surface area contributed by atoms with Gasteiger partial charge in [0.2, 0.25) is 0 Å². The van der Waals surface area contributed by atoms with Crippen LogP contribution in [0.3, 0.4) is 0 Å². The largest absolute Gasteiger partial charge is 0.508 e. The predicted octanol–water partition coefficient (Wildman–Crippen LogP) is 11.8. The lowest BCUT2D eigenvalue weighted by Gasteiger charge is -2.27. The average Bonchev–Trinajstić information content (AvgIpc) is 3.33. The quantitative estimate of drug-likeness (QED) is 0.0539. The summed E-state index contributed by atoms with van der Waals surface area (Å²) in [6.07, 6.45) is 0. The van der Waals surface area contributed by atoms with Gasteiger partial charge < -0.3 is 46.0 Å². The molecule has 67 heavy (non-hydrogen) atoms. The van der Waals surface area contributed by atoms with Crippen molar-refractivity contribution in [1.29, 1.82) is 0 Å². The van der Waals surface area contributed by atoms with E-state index in [1.807, 2.05) is 36.4 Å². The van der Waals surface area contributed by atoms with Crippen molar-refractivity contribution < 1.29 is 46.0 Å². The molecule has 0 aliphatic heterocycles. The van der Waals surface area contributed by atoms with E-state index in [2.05, 4.69) is 0 Å². The maximum absolute atomic E-state index is 11.8. The smallest absolute Gasteiger partial charge is 0.119 e. The van der Waals surface area contributed by atoms with Gasteiger partial charge in [0.15, 0.2) is 0 Å². The molecule has 0 atom stereocenters. The highest BCUT2D eigenvalue weighted by molar-refractivity contribution is 5.59. The summed E-state index contributed by atoms with van der Waals surface area (Å²) in [7, 11) is 0. The summed E-state index contributed by atoms with van der Waals surface area (Å²) in [5.41, 5.74) is 8.42. The topological polar surface area (TPSA) is 182 Å². The number of hydrogen-bond acceptors (Lipinski definition) is 9. The molecule has 0 aliphatic rings. The minimum Gasteiger partial charge on any atom is -0.508 e. The van der Waals surface area contributed by atoms with Crippen LogP contribution < -0.4 is 0 Å². The van der Waals surface area contributed by atoms with Gasteiger partial charge in [0, 0.05) is 40.4 Å². The molecule has 9 aromatic carbocycles. The molecule has 0 unspecified atom stereocenters. The third-order valence-electron chi connectivity index (χ3n) is 12.4. The van der Waals surface area contributed by atoms with Crippen molar-refractivity contribution in [3.8, 4) is 51.7 Å². The molecule has 9 aromatic rings. The van der Waals surface area contributed by atoms with Gasteiger partial charge in [-0.05, 0) is 141 Å². The Labute approximate surface area is 386 Å². The summed E-state index contributed by atoms with van der Waals surface area (Å²) in [5, 5.41) is 97.1. The predicted molar refractivity (Wildman–Crippen MR) is 257 cm³/mol. The van der Waals surface area contributed by atoms with E-state index in [-0.39, 0.29) is 51.7 Å². The Morgan fingerprint density at radius 1 is 0.179 bits per heavy atom. The van der Waals surface area contributed by atoms with E-state index in [0.717, 1.165) is 50.1 Å². The highest BCUT2D eigenvalue weighted by Crippen LogP contribution is 2.46. The van der Waals surface area contributed by atoms with Crippen molar-refractivity contribution in [3.63, 3.8) is 0 Å². The fourth-order valence-corrected chi connectivity index (χ4v) is 9.18. The number of benzene rings is 9. The Bertz CT molecular complexity index is 2670. The fraction of sp³-hybridized carbons (Fsp3) is 0.0690. The molecule has 0 bridgehead atoms. The number of phenolic OH excluding ortho intramolecular Hbond substituents is 9. The first-order chi connectivity index (χ1) is 32.4. The summed E-state index contributed by atoms with van der Waals surface area (Å²) in [6, 6.07) is 56.6. The van der Waals surface area contributed by atoms with Crippen molar-refractivity contribution >= 4 is 0 Å². The Hall–Kier alpha value is -8.82. The van der Waals surface area contributed by atoms with E-state index in [1.165, 1.54) is 0 Å². The zero-order valence-electron chi connectivity index (χ0n) is 35.9. The molecule has 0 heterocycles. The zero-order valence-corrected chi connectivity index (χ0v) is 35.9. The first kappa shape index (κ1) is 43.4. The van der Waals surface area contributed by atoms with Gasteiger partial charge in [-0.25, -0.2) is 0 Å². The van der Waals surface area contributed by atoms with Crippen molar-refractivity contribution in [1.82, 2.24) is 0 Å². The SMILES string of the molecule is Oc1ccc(C(c2ccc(O)cc2)c2cc(C(c3ccc(O)c(C(c4ccc(O)cc4)c4ccc(O)cc4)c3)c3ccc(O)c(C(c4ccc(O)cc4)c4ccc(O)cc4)c3)ccc2O)cc1. The molecule has 0 saturated heterocycles. The van der Waals surface area contributed by atoms with Crippen molar-refractivity contribution in [3.05, 3.63) is 267 Å². The van der Waals surface area contributed by atoms with Gasteiger partial charge in [-0.3, -0.25) is 0 Å². The molecular formula is C58H46O9. The highest BCUT2D eigenvalue weighted by Gasteiger charge is 2.29. The maximum Gasteiger partial charge on any atom is 0.119 e. The van der Waals surface area contributed by atoms with E-state index in [0.29, 0.717) is 16.7 Å². The highest BCUT2D eigenvalue weighted by atomic mass is 16.3. The van der Waals surface area contributed by atoms with Crippen molar-refractivity contribution in [2.75, 3.05) is 0 Å². The molecular weight excluding hydrogens is 841 g/mol. The molecule has 9 rings (SSSR count). The van der Waals surface area contributed by atoms with Crippen LogP contribution in [-0.2, 0) is 0 Å². The number of phenols is 9. The first-order valence-corrected chi connectivity index (χ1v) is 21.6. The summed E-state index contributed by atoms with van der Waals surface area (Å²) in [6.45, 7) is 0. The molecule has 0 spiro atoms. The summed E-state index contributed by atoms with van der Waals surface area (Å²) in [5.74, 6) is -1.83. The Morgan fingerprint density at radius 2 is 0.343 bits per heavy atom. The molecule has 0 aromatic heterocycles. The normalized spacial score (nSPS) is 11.5. The fourth-order valence-electron chi connectivity index (χ4n) is 9.18. The molecule has 0 aliphatic carbocycles. The van der Waals surface area contributed by atoms with Gasteiger partial charge in [-0.15, -0.1) is 0 Å². The lowest BCUT2D eigenvalue weighted by atomic mass is 9.77. The van der Waals surface area contributed by atoms with E-state index >= 15 is 0 Å². The van der Waals surface area contributed by atoms with Crippen LogP contribution in [0.5, 0.6) is 51.7 Å². The third-order valence-corrected chi connectivity index (χ3v) is 12.4. The van der Waals surface area contributed by atoms with Crippen molar-refractivity contribution in [2.24, 2.45) is 0 Å². The third kappa shape index (κ3) is 9.12. The minimum atomic E-state index is -0.626. The molecule has 0 amide bonds. The molecule has 9 N–H and O–H groups in total. The van der Waals surface area contributed by atoms with Crippen LogP contribution in [0.2, 0.25) is 0 Å².